The molecule has 0 spiro atoms. The van der Waals surface area contributed by atoms with Gasteiger partial charge < -0.3 is 10.2 Å². The predicted molar refractivity (Wildman–Crippen MR) is 92.8 cm³/mol. The Hall–Kier alpha value is -2.91. The van der Waals surface area contributed by atoms with E-state index in [-0.39, 0.29) is 31.5 Å². The van der Waals surface area contributed by atoms with E-state index < -0.39 is 23.5 Å². The summed E-state index contributed by atoms with van der Waals surface area (Å²) >= 11 is 0. The van der Waals surface area contributed by atoms with Crippen molar-refractivity contribution in [2.24, 2.45) is 0 Å². The number of nitrogens with zero attached hydrogens (tertiary/aromatic N) is 5. The van der Waals surface area contributed by atoms with Crippen LogP contribution in [0.4, 0.5) is 22.0 Å². The zero-order valence-corrected chi connectivity index (χ0v) is 17.6. The molecule has 4 aromatic rings. The fraction of sp³-hybridized carbons (Fsp3) is 0.105. The fourth-order valence-corrected chi connectivity index (χ4v) is 2.25. The quantitative estimate of drug-likeness (QED) is 0.255. The second-order valence-corrected chi connectivity index (χ2v) is 5.80. The number of hydrogen-bond donors (Lipinski definition) is 0. The maximum Gasteiger partial charge on any atom is 0.431 e. The SMILES string of the molecule is Cc1ccnc(-c2cc(C(F)(F)F)n[n-]2)c1.Fc1c[c-]c(-n2cccn2)c(F)c1.[Ir]. The van der Waals surface area contributed by atoms with E-state index in [1.165, 1.54) is 17.1 Å². The summed E-state index contributed by atoms with van der Waals surface area (Å²) < 4.78 is 63.7. The van der Waals surface area contributed by atoms with Gasteiger partial charge in [0, 0.05) is 56.0 Å². The molecule has 11 heteroatoms. The van der Waals surface area contributed by atoms with Gasteiger partial charge in [0.05, 0.1) is 0 Å². The van der Waals surface area contributed by atoms with Crippen LogP contribution in [0.1, 0.15) is 11.3 Å². The molecule has 0 aliphatic rings. The number of alkyl halides is 3. The van der Waals surface area contributed by atoms with Gasteiger partial charge in [0.2, 0.25) is 0 Å². The third-order valence-electron chi connectivity index (χ3n) is 3.58. The molecule has 1 radical (unpaired) electrons. The maximum absolute atomic E-state index is 13.1. The van der Waals surface area contributed by atoms with E-state index in [1.54, 1.807) is 24.4 Å². The Morgan fingerprint density at radius 2 is 1.87 bits per heavy atom. The average molecular weight is 598 g/mol. The van der Waals surface area contributed by atoms with Gasteiger partial charge in [-0.15, -0.1) is 12.1 Å². The van der Waals surface area contributed by atoms with Crippen molar-refractivity contribution in [2.75, 3.05) is 0 Å². The molecule has 0 saturated heterocycles. The summed E-state index contributed by atoms with van der Waals surface area (Å²) in [5, 5.41) is 10.3. The van der Waals surface area contributed by atoms with Gasteiger partial charge in [-0.2, -0.15) is 24.3 Å². The summed E-state index contributed by atoms with van der Waals surface area (Å²) in [6.45, 7) is 1.83. The molecule has 0 atom stereocenters. The molecule has 0 aliphatic heterocycles. The van der Waals surface area contributed by atoms with Crippen LogP contribution in [0.3, 0.4) is 0 Å². The number of rotatable bonds is 2. The Labute approximate surface area is 181 Å². The number of hydrogen-bond acceptors (Lipinski definition) is 3. The maximum atomic E-state index is 13.1. The van der Waals surface area contributed by atoms with E-state index >= 15 is 0 Å². The molecule has 0 aliphatic carbocycles. The van der Waals surface area contributed by atoms with Gasteiger partial charge in [0.15, 0.2) is 0 Å². The topological polar surface area (TPSA) is 57.7 Å². The molecule has 0 saturated carbocycles. The average Bonchev–Trinajstić information content (AvgIpc) is 3.34. The molecule has 5 nitrogen and oxygen atoms in total. The molecule has 3 heterocycles. The Balaban J connectivity index is 0.000000211. The first-order chi connectivity index (χ1) is 13.7. The fourth-order valence-electron chi connectivity index (χ4n) is 2.25. The van der Waals surface area contributed by atoms with E-state index in [2.05, 4.69) is 26.3 Å². The third kappa shape index (κ3) is 5.80. The van der Waals surface area contributed by atoms with Crippen LogP contribution in [0.5, 0.6) is 0 Å². The van der Waals surface area contributed by atoms with Gasteiger partial charge >= 0.3 is 6.18 Å². The third-order valence-corrected chi connectivity index (χ3v) is 3.58. The van der Waals surface area contributed by atoms with Gasteiger partial charge in [-0.3, -0.25) is 18.4 Å². The number of halogens is 5. The molecule has 0 bridgehead atoms. The van der Waals surface area contributed by atoms with Crippen LogP contribution in [-0.2, 0) is 26.3 Å². The predicted octanol–water partition coefficient (Wildman–Crippen LogP) is 4.38. The van der Waals surface area contributed by atoms with Crippen LogP contribution >= 0.6 is 0 Å². The monoisotopic (exact) mass is 598 g/mol. The zero-order valence-electron chi connectivity index (χ0n) is 15.2. The van der Waals surface area contributed by atoms with Crippen molar-refractivity contribution < 1.29 is 42.1 Å². The van der Waals surface area contributed by atoms with E-state index in [0.29, 0.717) is 5.69 Å². The summed E-state index contributed by atoms with van der Waals surface area (Å²) in [4.78, 5) is 3.94. The van der Waals surface area contributed by atoms with Gasteiger partial charge in [-0.05, 0) is 42.4 Å². The van der Waals surface area contributed by atoms with Crippen molar-refractivity contribution >= 4 is 0 Å². The molecule has 159 valence electrons. The molecule has 4 rings (SSSR count). The van der Waals surface area contributed by atoms with Crippen LogP contribution in [0, 0.1) is 24.6 Å². The van der Waals surface area contributed by atoms with Crippen LogP contribution in [0.2, 0.25) is 0 Å². The van der Waals surface area contributed by atoms with Crippen molar-refractivity contribution in [3.8, 4) is 17.1 Å². The first-order valence-electron chi connectivity index (χ1n) is 8.11. The summed E-state index contributed by atoms with van der Waals surface area (Å²) in [7, 11) is 0. The van der Waals surface area contributed by atoms with Crippen LogP contribution in [-0.4, -0.2) is 19.9 Å². The number of aromatic nitrogens is 5. The number of benzene rings is 1. The minimum Gasteiger partial charge on any atom is -0.573 e. The van der Waals surface area contributed by atoms with Crippen molar-refractivity contribution in [3.63, 3.8) is 0 Å². The zero-order chi connectivity index (χ0) is 21.0. The van der Waals surface area contributed by atoms with Gasteiger partial charge in [0.25, 0.3) is 0 Å². The molecule has 0 N–H and O–H groups in total. The normalized spacial score (nSPS) is 10.7. The van der Waals surface area contributed by atoms with Crippen molar-refractivity contribution in [3.05, 3.63) is 83.9 Å². The molecule has 1 aromatic carbocycles. The molecule has 0 unspecified atom stereocenters. The Morgan fingerprint density at radius 1 is 1.10 bits per heavy atom. The number of aryl methyl sites for hydroxylation is 1. The van der Waals surface area contributed by atoms with Crippen molar-refractivity contribution in [2.45, 2.75) is 13.1 Å². The molecule has 3 aromatic heterocycles. The Bertz CT molecular complexity index is 1090. The summed E-state index contributed by atoms with van der Waals surface area (Å²) in [6.07, 6.45) is 0.130. The van der Waals surface area contributed by atoms with E-state index in [1.807, 2.05) is 6.92 Å². The standard InChI is InChI=1S/C10H7F3N3.C9H5F2N2.Ir/c1-6-2-3-14-7(4-6)8-5-9(16-15-8)10(11,12)13;10-7-2-3-9(8(11)6-7)13-5-1-4-12-13;/h2-5H,1H3;1-2,4-6H;/q2*-1;. The van der Waals surface area contributed by atoms with Gasteiger partial charge in [-0.25, -0.2) is 0 Å². The number of pyridine rings is 1. The van der Waals surface area contributed by atoms with E-state index in [4.69, 9.17) is 0 Å². The largest absolute Gasteiger partial charge is 0.573 e. The van der Waals surface area contributed by atoms with Crippen molar-refractivity contribution in [1.29, 1.82) is 0 Å². The van der Waals surface area contributed by atoms with Crippen molar-refractivity contribution in [1.82, 2.24) is 25.0 Å². The molecule has 30 heavy (non-hydrogen) atoms. The summed E-state index contributed by atoms with van der Waals surface area (Å²) in [5.74, 6) is -1.32. The minimum absolute atomic E-state index is 0. The minimum atomic E-state index is -4.46. The Kier molecular flexibility index (Phi) is 7.58. The van der Waals surface area contributed by atoms with E-state index in [0.717, 1.165) is 23.8 Å². The Morgan fingerprint density at radius 3 is 2.43 bits per heavy atom. The van der Waals surface area contributed by atoms with E-state index in [9.17, 15) is 22.0 Å². The van der Waals surface area contributed by atoms with Crippen LogP contribution in [0.25, 0.3) is 17.1 Å². The second-order valence-electron chi connectivity index (χ2n) is 5.80. The molecule has 0 amide bonds. The summed E-state index contributed by atoms with van der Waals surface area (Å²) in [6, 6.07) is 10.3. The summed E-state index contributed by atoms with van der Waals surface area (Å²) in [5.41, 5.74) is 0.554. The first kappa shape index (κ1) is 23.4. The van der Waals surface area contributed by atoms with Gasteiger partial charge in [-0.1, -0.05) is 5.69 Å². The van der Waals surface area contributed by atoms with Crippen LogP contribution in [0.15, 0.2) is 55.0 Å². The first-order valence-corrected chi connectivity index (χ1v) is 8.11. The second kappa shape index (κ2) is 9.73. The van der Waals surface area contributed by atoms with Crippen LogP contribution < -0.4 is 5.10 Å². The molecular weight excluding hydrogens is 585 g/mol. The van der Waals surface area contributed by atoms with Gasteiger partial charge in [0.1, 0.15) is 5.69 Å². The smallest absolute Gasteiger partial charge is 0.431 e. The molecular formula is C19H12F5IrN5-2. The molecule has 0 fully saturated rings.